The van der Waals surface area contributed by atoms with Crippen LogP contribution in [0.25, 0.3) is 0 Å². The molecule has 3 rings (SSSR count). The standard InChI is InChI=1S/C16H24N2O4S/c1-2-17-11-13(10-15(17)16(19)20)23(21,22)18-9-5-8-14(18)12-6-3-4-7-12/h10-12,14H,2-9H2,1H3,(H,19,20). The van der Waals surface area contributed by atoms with Crippen molar-refractivity contribution in [2.45, 2.75) is 62.9 Å². The highest BCUT2D eigenvalue weighted by atomic mass is 32.2. The zero-order valence-corrected chi connectivity index (χ0v) is 14.3. The summed E-state index contributed by atoms with van der Waals surface area (Å²) in [6, 6.07) is 1.38. The van der Waals surface area contributed by atoms with Crippen molar-refractivity contribution in [2.75, 3.05) is 6.54 Å². The second-order valence-corrected chi connectivity index (χ2v) is 8.41. The van der Waals surface area contributed by atoms with Gasteiger partial charge in [-0.3, -0.25) is 0 Å². The van der Waals surface area contributed by atoms with Crippen LogP contribution in [0.5, 0.6) is 0 Å². The summed E-state index contributed by atoms with van der Waals surface area (Å²) in [5.41, 5.74) is 0.0303. The number of carbonyl (C=O) groups is 1. The SMILES string of the molecule is CCn1cc(S(=O)(=O)N2CCCC2C2CCCC2)cc1C(=O)O. The van der Waals surface area contributed by atoms with Gasteiger partial charge >= 0.3 is 5.97 Å². The Bertz CT molecular complexity index is 689. The topological polar surface area (TPSA) is 79.6 Å². The summed E-state index contributed by atoms with van der Waals surface area (Å²) < 4.78 is 29.2. The van der Waals surface area contributed by atoms with Crippen LogP contribution in [0.15, 0.2) is 17.2 Å². The Morgan fingerprint density at radius 3 is 2.52 bits per heavy atom. The normalized spacial score (nSPS) is 23.6. The monoisotopic (exact) mass is 340 g/mol. The molecular formula is C16H24N2O4S. The molecule has 23 heavy (non-hydrogen) atoms. The number of sulfonamides is 1. The van der Waals surface area contributed by atoms with E-state index in [1.807, 2.05) is 0 Å². The fourth-order valence-corrected chi connectivity index (χ4v) is 5.87. The van der Waals surface area contributed by atoms with E-state index in [4.69, 9.17) is 0 Å². The van der Waals surface area contributed by atoms with Crippen molar-refractivity contribution in [3.8, 4) is 0 Å². The van der Waals surface area contributed by atoms with Crippen molar-refractivity contribution in [3.63, 3.8) is 0 Å². The Kier molecular flexibility index (Phi) is 4.51. The quantitative estimate of drug-likeness (QED) is 0.893. The number of hydrogen-bond donors (Lipinski definition) is 1. The Hall–Kier alpha value is -1.34. The average molecular weight is 340 g/mol. The summed E-state index contributed by atoms with van der Waals surface area (Å²) in [4.78, 5) is 11.4. The first-order chi connectivity index (χ1) is 10.9. The van der Waals surface area contributed by atoms with Gasteiger partial charge in [-0.1, -0.05) is 12.8 Å². The lowest BCUT2D eigenvalue weighted by atomic mass is 9.97. The largest absolute Gasteiger partial charge is 0.477 e. The van der Waals surface area contributed by atoms with E-state index < -0.39 is 16.0 Å². The molecule has 1 aromatic rings. The maximum Gasteiger partial charge on any atom is 0.352 e. The van der Waals surface area contributed by atoms with Gasteiger partial charge in [-0.25, -0.2) is 13.2 Å². The molecule has 1 saturated heterocycles. The van der Waals surface area contributed by atoms with E-state index in [1.54, 1.807) is 11.2 Å². The highest BCUT2D eigenvalue weighted by molar-refractivity contribution is 7.89. The molecule has 7 heteroatoms. The lowest BCUT2D eigenvalue weighted by Crippen LogP contribution is -2.39. The van der Waals surface area contributed by atoms with Gasteiger partial charge in [-0.15, -0.1) is 0 Å². The van der Waals surface area contributed by atoms with Gasteiger partial charge in [-0.2, -0.15) is 4.31 Å². The zero-order valence-electron chi connectivity index (χ0n) is 13.4. The van der Waals surface area contributed by atoms with Gasteiger partial charge in [0.25, 0.3) is 0 Å². The van der Waals surface area contributed by atoms with E-state index in [0.717, 1.165) is 25.7 Å². The van der Waals surface area contributed by atoms with Crippen LogP contribution in [0.1, 0.15) is 55.9 Å². The number of aryl methyl sites for hydroxylation is 1. The van der Waals surface area contributed by atoms with E-state index in [1.165, 1.54) is 29.7 Å². The van der Waals surface area contributed by atoms with E-state index in [2.05, 4.69) is 0 Å². The third-order valence-electron chi connectivity index (χ3n) is 5.23. The van der Waals surface area contributed by atoms with Gasteiger partial charge in [0, 0.05) is 25.3 Å². The minimum absolute atomic E-state index is 0.0303. The van der Waals surface area contributed by atoms with Crippen LogP contribution < -0.4 is 0 Å². The van der Waals surface area contributed by atoms with Crippen LogP contribution in [0.4, 0.5) is 0 Å². The van der Waals surface area contributed by atoms with Crippen LogP contribution in [0, 0.1) is 5.92 Å². The van der Waals surface area contributed by atoms with Crippen molar-refractivity contribution in [1.29, 1.82) is 0 Å². The lowest BCUT2D eigenvalue weighted by Gasteiger charge is -2.28. The first kappa shape index (κ1) is 16.5. The zero-order chi connectivity index (χ0) is 16.6. The van der Waals surface area contributed by atoms with Crippen LogP contribution in [0.3, 0.4) is 0 Å². The van der Waals surface area contributed by atoms with E-state index >= 15 is 0 Å². The van der Waals surface area contributed by atoms with Crippen LogP contribution in [0.2, 0.25) is 0 Å². The Labute approximate surface area is 137 Å². The number of aromatic nitrogens is 1. The summed E-state index contributed by atoms with van der Waals surface area (Å²) in [5.74, 6) is -0.637. The van der Waals surface area contributed by atoms with Crippen LogP contribution in [-0.2, 0) is 16.6 Å². The number of aromatic carboxylic acids is 1. The Morgan fingerprint density at radius 1 is 1.26 bits per heavy atom. The molecule has 1 saturated carbocycles. The Morgan fingerprint density at radius 2 is 1.96 bits per heavy atom. The molecule has 0 aromatic carbocycles. The molecule has 0 radical (unpaired) electrons. The second-order valence-electron chi connectivity index (χ2n) is 6.52. The molecule has 6 nitrogen and oxygen atoms in total. The van der Waals surface area contributed by atoms with Crippen molar-refractivity contribution in [1.82, 2.24) is 8.87 Å². The maximum atomic E-state index is 13.0. The molecule has 1 atom stereocenters. The average Bonchev–Trinajstić information content (AvgIpc) is 3.24. The number of carboxylic acid groups (broad SMARTS) is 1. The number of rotatable bonds is 5. The first-order valence-electron chi connectivity index (χ1n) is 8.40. The predicted octanol–water partition coefficient (Wildman–Crippen LogP) is 2.55. The van der Waals surface area contributed by atoms with E-state index in [9.17, 15) is 18.3 Å². The first-order valence-corrected chi connectivity index (χ1v) is 9.84. The van der Waals surface area contributed by atoms with Crippen molar-refractivity contribution in [3.05, 3.63) is 18.0 Å². The number of carboxylic acids is 1. The fourth-order valence-electron chi connectivity index (χ4n) is 4.08. The van der Waals surface area contributed by atoms with Gasteiger partial charge in [-0.05, 0) is 44.6 Å². The summed E-state index contributed by atoms with van der Waals surface area (Å²) in [6.07, 6.45) is 7.85. The molecule has 0 bridgehead atoms. The number of nitrogens with zero attached hydrogens (tertiary/aromatic N) is 2. The van der Waals surface area contributed by atoms with Crippen molar-refractivity contribution in [2.24, 2.45) is 5.92 Å². The molecule has 1 aromatic heterocycles. The summed E-state index contributed by atoms with van der Waals surface area (Å²) in [7, 11) is -3.62. The van der Waals surface area contributed by atoms with Gasteiger partial charge in [0.15, 0.2) is 0 Å². The molecule has 1 N–H and O–H groups in total. The molecule has 1 aliphatic heterocycles. The summed E-state index contributed by atoms with van der Waals surface area (Å²) in [5, 5.41) is 9.24. The van der Waals surface area contributed by atoms with Crippen molar-refractivity contribution >= 4 is 16.0 Å². The number of hydrogen-bond acceptors (Lipinski definition) is 3. The minimum atomic E-state index is -3.62. The molecule has 0 amide bonds. The lowest BCUT2D eigenvalue weighted by molar-refractivity contribution is 0.0685. The Balaban J connectivity index is 1.92. The van der Waals surface area contributed by atoms with Gasteiger partial charge < -0.3 is 9.67 Å². The molecule has 2 aliphatic rings. The minimum Gasteiger partial charge on any atom is -0.477 e. The molecule has 2 fully saturated rings. The van der Waals surface area contributed by atoms with Gasteiger partial charge in [0.2, 0.25) is 10.0 Å². The van der Waals surface area contributed by atoms with Gasteiger partial charge in [0.05, 0.1) is 0 Å². The molecule has 128 valence electrons. The molecule has 1 unspecified atom stereocenters. The third kappa shape index (κ3) is 2.92. The summed E-state index contributed by atoms with van der Waals surface area (Å²) >= 11 is 0. The smallest absolute Gasteiger partial charge is 0.352 e. The molecular weight excluding hydrogens is 316 g/mol. The maximum absolute atomic E-state index is 13.0. The highest BCUT2D eigenvalue weighted by Gasteiger charge is 2.40. The van der Waals surface area contributed by atoms with Gasteiger partial charge in [0.1, 0.15) is 10.6 Å². The van der Waals surface area contributed by atoms with E-state index in [0.29, 0.717) is 19.0 Å². The molecule has 1 aliphatic carbocycles. The van der Waals surface area contributed by atoms with Crippen LogP contribution >= 0.6 is 0 Å². The second kappa shape index (κ2) is 6.28. The van der Waals surface area contributed by atoms with E-state index in [-0.39, 0.29) is 16.6 Å². The predicted molar refractivity (Wildman–Crippen MR) is 85.9 cm³/mol. The highest BCUT2D eigenvalue weighted by Crippen LogP contribution is 2.38. The fraction of sp³-hybridized carbons (Fsp3) is 0.688. The molecule has 2 heterocycles. The third-order valence-corrected chi connectivity index (χ3v) is 7.12. The van der Waals surface area contributed by atoms with Crippen molar-refractivity contribution < 1.29 is 18.3 Å². The molecule has 0 spiro atoms. The summed E-state index contributed by atoms with van der Waals surface area (Å²) in [6.45, 7) is 2.78. The van der Waals surface area contributed by atoms with Crippen LogP contribution in [-0.4, -0.2) is 41.0 Å².